The number of hydrogen-bond acceptors (Lipinski definition) is 3. The van der Waals surface area contributed by atoms with E-state index >= 15 is 0 Å². The summed E-state index contributed by atoms with van der Waals surface area (Å²) in [6.45, 7) is 7.17. The van der Waals surface area contributed by atoms with E-state index in [1.165, 1.54) is 12.8 Å². The van der Waals surface area contributed by atoms with E-state index in [0.29, 0.717) is 38.6 Å². The Morgan fingerprint density at radius 3 is 2.76 bits per heavy atom. The highest BCUT2D eigenvalue weighted by molar-refractivity contribution is 5.82. The Hall–Kier alpha value is -1.10. The molecule has 2 aliphatic heterocycles. The minimum atomic E-state index is -0.277. The van der Waals surface area contributed by atoms with Crippen LogP contribution in [0.2, 0.25) is 0 Å². The lowest BCUT2D eigenvalue weighted by Crippen LogP contribution is -2.57. The fourth-order valence-corrected chi connectivity index (χ4v) is 3.49. The second-order valence-corrected chi connectivity index (χ2v) is 7.14. The molecule has 2 saturated heterocycles. The first-order valence-electron chi connectivity index (χ1n) is 8.19. The number of amides is 2. The normalized spacial score (nSPS) is 30.3. The van der Waals surface area contributed by atoms with E-state index in [9.17, 15) is 9.59 Å². The monoisotopic (exact) mass is 294 g/mol. The molecule has 0 N–H and O–H groups in total. The van der Waals surface area contributed by atoms with Crippen LogP contribution in [0.1, 0.15) is 39.5 Å². The lowest BCUT2D eigenvalue weighted by molar-refractivity contribution is -0.139. The topological polar surface area (TPSA) is 49.9 Å². The molecular weight excluding hydrogens is 268 g/mol. The highest BCUT2D eigenvalue weighted by Crippen LogP contribution is 2.37. The second kappa shape index (κ2) is 5.59. The number of hydrogen-bond donors (Lipinski definition) is 0. The number of carbonyl (C=O) groups excluding carboxylic acids is 2. The molecule has 21 heavy (non-hydrogen) atoms. The van der Waals surface area contributed by atoms with Crippen LogP contribution in [0.3, 0.4) is 0 Å². The molecule has 1 saturated carbocycles. The van der Waals surface area contributed by atoms with E-state index in [-0.39, 0.29) is 23.3 Å². The molecular formula is C16H26N2O3. The molecule has 0 radical (unpaired) electrons. The number of rotatable bonds is 3. The Balaban J connectivity index is 1.83. The lowest BCUT2D eigenvalue weighted by atomic mass is 9.94. The molecule has 3 fully saturated rings. The number of nitrogens with zero attached hydrogens (tertiary/aromatic N) is 2. The standard InChI is InChI=1S/C16H26N2O3/c1-12(2)15(20)17-7-5-14(19)18(9-13-3-4-13)16(10-17)6-8-21-11-16/h12-13H,3-11H2,1-2H3. The average molecular weight is 294 g/mol. The van der Waals surface area contributed by atoms with Crippen molar-refractivity contribution >= 4 is 11.8 Å². The third-order valence-electron chi connectivity index (χ3n) is 4.98. The summed E-state index contributed by atoms with van der Waals surface area (Å²) < 4.78 is 5.63. The zero-order valence-electron chi connectivity index (χ0n) is 13.1. The number of ether oxygens (including phenoxy) is 1. The van der Waals surface area contributed by atoms with Crippen LogP contribution in [0.4, 0.5) is 0 Å². The molecule has 0 aromatic rings. The molecule has 1 aliphatic carbocycles. The quantitative estimate of drug-likeness (QED) is 0.787. The molecule has 118 valence electrons. The molecule has 2 heterocycles. The van der Waals surface area contributed by atoms with Crippen LogP contribution in [-0.2, 0) is 14.3 Å². The molecule has 1 spiro atoms. The van der Waals surface area contributed by atoms with Gasteiger partial charge in [-0.15, -0.1) is 0 Å². The maximum absolute atomic E-state index is 12.6. The summed E-state index contributed by atoms with van der Waals surface area (Å²) in [6.07, 6.45) is 3.77. The molecule has 3 aliphatic rings. The van der Waals surface area contributed by atoms with Gasteiger partial charge in [0.15, 0.2) is 0 Å². The minimum absolute atomic E-state index is 0.0190. The Labute approximate surface area is 126 Å². The van der Waals surface area contributed by atoms with E-state index in [1.807, 2.05) is 18.7 Å². The predicted octanol–water partition coefficient (Wildman–Crippen LogP) is 1.27. The smallest absolute Gasteiger partial charge is 0.225 e. The van der Waals surface area contributed by atoms with Crippen LogP contribution in [0.15, 0.2) is 0 Å². The van der Waals surface area contributed by atoms with Crippen LogP contribution in [0.25, 0.3) is 0 Å². The van der Waals surface area contributed by atoms with Crippen molar-refractivity contribution in [3.63, 3.8) is 0 Å². The van der Waals surface area contributed by atoms with Gasteiger partial charge in [0.2, 0.25) is 11.8 Å². The van der Waals surface area contributed by atoms with Gasteiger partial charge < -0.3 is 14.5 Å². The van der Waals surface area contributed by atoms with Gasteiger partial charge in [0.05, 0.1) is 12.1 Å². The van der Waals surface area contributed by atoms with Crippen molar-refractivity contribution in [2.75, 3.05) is 32.8 Å². The van der Waals surface area contributed by atoms with Crippen molar-refractivity contribution in [1.29, 1.82) is 0 Å². The van der Waals surface area contributed by atoms with Gasteiger partial charge in [-0.3, -0.25) is 9.59 Å². The molecule has 2 amide bonds. The zero-order chi connectivity index (χ0) is 15.0. The molecule has 5 nitrogen and oxygen atoms in total. The van der Waals surface area contributed by atoms with E-state index < -0.39 is 0 Å². The van der Waals surface area contributed by atoms with Crippen molar-refractivity contribution in [2.24, 2.45) is 11.8 Å². The maximum Gasteiger partial charge on any atom is 0.225 e. The fraction of sp³-hybridized carbons (Fsp3) is 0.875. The summed E-state index contributed by atoms with van der Waals surface area (Å²) in [5.41, 5.74) is -0.277. The maximum atomic E-state index is 12.6. The Morgan fingerprint density at radius 1 is 1.43 bits per heavy atom. The van der Waals surface area contributed by atoms with E-state index in [2.05, 4.69) is 4.90 Å². The first-order valence-corrected chi connectivity index (χ1v) is 8.19. The summed E-state index contributed by atoms with van der Waals surface area (Å²) >= 11 is 0. The molecule has 0 aromatic heterocycles. The molecule has 0 bridgehead atoms. The SMILES string of the molecule is CC(C)C(=O)N1CCC(=O)N(CC2CC2)C2(CCOC2)C1. The third-order valence-corrected chi connectivity index (χ3v) is 4.98. The first-order chi connectivity index (χ1) is 10.0. The molecule has 3 rings (SSSR count). The van der Waals surface area contributed by atoms with Gasteiger partial charge in [-0.1, -0.05) is 13.8 Å². The van der Waals surface area contributed by atoms with Crippen LogP contribution in [-0.4, -0.2) is 60.0 Å². The fourth-order valence-electron chi connectivity index (χ4n) is 3.49. The molecule has 1 unspecified atom stereocenters. The van der Waals surface area contributed by atoms with Gasteiger partial charge in [-0.2, -0.15) is 0 Å². The highest BCUT2D eigenvalue weighted by Gasteiger charge is 2.48. The largest absolute Gasteiger partial charge is 0.379 e. The Kier molecular flexibility index (Phi) is 3.95. The van der Waals surface area contributed by atoms with Gasteiger partial charge in [0, 0.05) is 38.6 Å². The molecule has 1 atom stereocenters. The first kappa shape index (κ1) is 14.8. The van der Waals surface area contributed by atoms with E-state index in [0.717, 1.165) is 13.0 Å². The van der Waals surface area contributed by atoms with Crippen LogP contribution < -0.4 is 0 Å². The summed E-state index contributed by atoms with van der Waals surface area (Å²) in [5.74, 6) is 1.00. The number of carbonyl (C=O) groups is 2. The molecule has 5 heteroatoms. The summed E-state index contributed by atoms with van der Waals surface area (Å²) in [6, 6.07) is 0. The summed E-state index contributed by atoms with van der Waals surface area (Å²) in [7, 11) is 0. The van der Waals surface area contributed by atoms with Crippen molar-refractivity contribution < 1.29 is 14.3 Å². The van der Waals surface area contributed by atoms with Crippen LogP contribution in [0, 0.1) is 11.8 Å². The Bertz CT molecular complexity index is 425. The van der Waals surface area contributed by atoms with Gasteiger partial charge in [0.25, 0.3) is 0 Å². The van der Waals surface area contributed by atoms with Crippen molar-refractivity contribution in [3.05, 3.63) is 0 Å². The third kappa shape index (κ3) is 2.93. The van der Waals surface area contributed by atoms with Crippen molar-refractivity contribution in [3.8, 4) is 0 Å². The van der Waals surface area contributed by atoms with Gasteiger partial charge in [0.1, 0.15) is 0 Å². The van der Waals surface area contributed by atoms with Crippen LogP contribution >= 0.6 is 0 Å². The minimum Gasteiger partial charge on any atom is -0.379 e. The molecule has 0 aromatic carbocycles. The van der Waals surface area contributed by atoms with Gasteiger partial charge in [-0.05, 0) is 25.2 Å². The lowest BCUT2D eigenvalue weighted by Gasteiger charge is -2.41. The van der Waals surface area contributed by atoms with E-state index in [4.69, 9.17) is 4.74 Å². The van der Waals surface area contributed by atoms with Gasteiger partial charge in [-0.25, -0.2) is 0 Å². The zero-order valence-corrected chi connectivity index (χ0v) is 13.1. The Morgan fingerprint density at radius 2 is 2.19 bits per heavy atom. The van der Waals surface area contributed by atoms with Crippen molar-refractivity contribution in [2.45, 2.75) is 45.1 Å². The van der Waals surface area contributed by atoms with E-state index in [1.54, 1.807) is 0 Å². The summed E-state index contributed by atoms with van der Waals surface area (Å²) in [5, 5.41) is 0. The van der Waals surface area contributed by atoms with Crippen molar-refractivity contribution in [1.82, 2.24) is 9.80 Å². The predicted molar refractivity (Wildman–Crippen MR) is 78.6 cm³/mol. The second-order valence-electron chi connectivity index (χ2n) is 7.14. The summed E-state index contributed by atoms with van der Waals surface area (Å²) in [4.78, 5) is 29.0. The van der Waals surface area contributed by atoms with Gasteiger partial charge >= 0.3 is 0 Å². The average Bonchev–Trinajstić information content (AvgIpc) is 3.18. The highest BCUT2D eigenvalue weighted by atomic mass is 16.5. The van der Waals surface area contributed by atoms with Crippen LogP contribution in [0.5, 0.6) is 0 Å².